The summed E-state index contributed by atoms with van der Waals surface area (Å²) < 4.78 is 13.8. The zero-order valence-corrected chi connectivity index (χ0v) is 13.7. The molecule has 1 saturated heterocycles. The van der Waals surface area contributed by atoms with Crippen molar-refractivity contribution in [2.75, 3.05) is 31.1 Å². The lowest BCUT2D eigenvalue weighted by Crippen LogP contribution is -2.37. The topological polar surface area (TPSA) is 32.5 Å². The standard InChI is InChI=1S/C17H28FN3/c1-5-20(6-2)14-7-8-21(11-14)17-9-12(3)16(18)10-15(17)13(4)19/h9-10,13-14H,5-8,11,19H2,1-4H3/t13-,14?/m1/s1. The highest BCUT2D eigenvalue weighted by Gasteiger charge is 2.28. The van der Waals surface area contributed by atoms with E-state index in [1.54, 1.807) is 6.07 Å². The van der Waals surface area contributed by atoms with E-state index >= 15 is 0 Å². The van der Waals surface area contributed by atoms with E-state index in [0.717, 1.165) is 43.9 Å². The Morgan fingerprint density at radius 1 is 1.38 bits per heavy atom. The number of anilines is 1. The highest BCUT2D eigenvalue weighted by Crippen LogP contribution is 2.31. The molecule has 0 saturated carbocycles. The van der Waals surface area contributed by atoms with Gasteiger partial charge in [-0.2, -0.15) is 0 Å². The molecule has 0 amide bonds. The van der Waals surface area contributed by atoms with E-state index in [0.29, 0.717) is 11.6 Å². The number of benzene rings is 1. The molecule has 1 aromatic carbocycles. The lowest BCUT2D eigenvalue weighted by atomic mass is 10.0. The number of hydrogen-bond donors (Lipinski definition) is 1. The molecule has 1 heterocycles. The van der Waals surface area contributed by atoms with Crippen molar-refractivity contribution in [3.05, 3.63) is 29.1 Å². The molecule has 21 heavy (non-hydrogen) atoms. The predicted molar refractivity (Wildman–Crippen MR) is 87.3 cm³/mol. The Balaban J connectivity index is 2.25. The fourth-order valence-corrected chi connectivity index (χ4v) is 3.32. The van der Waals surface area contributed by atoms with Crippen LogP contribution in [-0.2, 0) is 0 Å². The first-order valence-electron chi connectivity index (χ1n) is 8.02. The van der Waals surface area contributed by atoms with E-state index in [1.165, 1.54) is 0 Å². The van der Waals surface area contributed by atoms with Gasteiger partial charge < -0.3 is 10.6 Å². The van der Waals surface area contributed by atoms with Crippen LogP contribution in [-0.4, -0.2) is 37.1 Å². The Morgan fingerprint density at radius 3 is 2.62 bits per heavy atom. The molecule has 1 aromatic rings. The molecule has 2 atom stereocenters. The van der Waals surface area contributed by atoms with Gasteiger partial charge in [0.2, 0.25) is 0 Å². The van der Waals surface area contributed by atoms with E-state index < -0.39 is 0 Å². The van der Waals surface area contributed by atoms with E-state index in [9.17, 15) is 4.39 Å². The molecule has 4 heteroatoms. The Kier molecular flexibility index (Phi) is 5.22. The molecule has 0 radical (unpaired) electrons. The summed E-state index contributed by atoms with van der Waals surface area (Å²) in [6.07, 6.45) is 1.16. The van der Waals surface area contributed by atoms with Gasteiger partial charge in [-0.25, -0.2) is 4.39 Å². The van der Waals surface area contributed by atoms with Gasteiger partial charge in [0.25, 0.3) is 0 Å². The van der Waals surface area contributed by atoms with Crippen LogP contribution in [0.1, 0.15) is 44.4 Å². The Hall–Kier alpha value is -1.13. The van der Waals surface area contributed by atoms with Crippen LogP contribution in [0.2, 0.25) is 0 Å². The van der Waals surface area contributed by atoms with Gasteiger partial charge in [-0.3, -0.25) is 4.90 Å². The lowest BCUT2D eigenvalue weighted by molar-refractivity contribution is 0.232. The van der Waals surface area contributed by atoms with Crippen LogP contribution in [0.4, 0.5) is 10.1 Å². The molecule has 1 fully saturated rings. The van der Waals surface area contributed by atoms with Gasteiger partial charge in [0.15, 0.2) is 0 Å². The zero-order chi connectivity index (χ0) is 15.6. The van der Waals surface area contributed by atoms with Crippen LogP contribution in [0.25, 0.3) is 0 Å². The van der Waals surface area contributed by atoms with Gasteiger partial charge in [-0.15, -0.1) is 0 Å². The van der Waals surface area contributed by atoms with Crippen LogP contribution in [0.15, 0.2) is 12.1 Å². The van der Waals surface area contributed by atoms with E-state index in [4.69, 9.17) is 5.73 Å². The van der Waals surface area contributed by atoms with Gasteiger partial charge in [0.05, 0.1) is 0 Å². The number of nitrogens with zero attached hydrogens (tertiary/aromatic N) is 2. The fourth-order valence-electron chi connectivity index (χ4n) is 3.32. The van der Waals surface area contributed by atoms with Crippen LogP contribution in [0.5, 0.6) is 0 Å². The molecule has 0 aromatic heterocycles. The molecule has 3 nitrogen and oxygen atoms in total. The maximum Gasteiger partial charge on any atom is 0.126 e. The summed E-state index contributed by atoms with van der Waals surface area (Å²) in [5.41, 5.74) is 8.76. The normalized spacial score (nSPS) is 20.3. The molecule has 0 bridgehead atoms. The Bertz CT molecular complexity index is 483. The average Bonchev–Trinajstić information content (AvgIpc) is 2.92. The number of nitrogens with two attached hydrogens (primary N) is 1. The van der Waals surface area contributed by atoms with Gasteiger partial charge in [0, 0.05) is 30.9 Å². The zero-order valence-electron chi connectivity index (χ0n) is 13.7. The smallest absolute Gasteiger partial charge is 0.126 e. The Labute approximate surface area is 127 Å². The molecule has 0 aliphatic carbocycles. The molecule has 118 valence electrons. The maximum absolute atomic E-state index is 13.8. The maximum atomic E-state index is 13.8. The highest BCUT2D eigenvalue weighted by molar-refractivity contribution is 5.58. The minimum Gasteiger partial charge on any atom is -0.370 e. The van der Waals surface area contributed by atoms with Crippen molar-refractivity contribution in [1.82, 2.24) is 4.90 Å². The van der Waals surface area contributed by atoms with Crippen molar-refractivity contribution < 1.29 is 4.39 Å². The summed E-state index contributed by atoms with van der Waals surface area (Å²) in [6, 6.07) is 4.01. The Morgan fingerprint density at radius 2 is 2.05 bits per heavy atom. The third-order valence-electron chi connectivity index (χ3n) is 4.63. The summed E-state index contributed by atoms with van der Waals surface area (Å²) in [6.45, 7) is 12.4. The van der Waals surface area contributed by atoms with Crippen LogP contribution < -0.4 is 10.6 Å². The van der Waals surface area contributed by atoms with Crippen LogP contribution in [0.3, 0.4) is 0 Å². The molecule has 2 rings (SSSR count). The molecule has 1 aliphatic heterocycles. The third kappa shape index (κ3) is 3.38. The first-order valence-corrected chi connectivity index (χ1v) is 8.02. The number of rotatable bonds is 5. The largest absolute Gasteiger partial charge is 0.370 e. The summed E-state index contributed by atoms with van der Waals surface area (Å²) in [7, 11) is 0. The predicted octanol–water partition coefficient (Wildman–Crippen LogP) is 3.07. The van der Waals surface area contributed by atoms with Crippen LogP contribution in [0, 0.1) is 12.7 Å². The number of aryl methyl sites for hydroxylation is 1. The van der Waals surface area contributed by atoms with Crippen molar-refractivity contribution in [2.24, 2.45) is 5.73 Å². The van der Waals surface area contributed by atoms with Gasteiger partial charge in [-0.05, 0) is 56.6 Å². The van der Waals surface area contributed by atoms with Crippen molar-refractivity contribution in [3.63, 3.8) is 0 Å². The number of halogens is 1. The SMILES string of the molecule is CCN(CC)C1CCN(c2cc(C)c(F)cc2[C@@H](C)N)C1. The molecule has 2 N–H and O–H groups in total. The molecule has 1 unspecified atom stereocenters. The molecule has 0 spiro atoms. The monoisotopic (exact) mass is 293 g/mol. The minimum absolute atomic E-state index is 0.150. The second-order valence-corrected chi connectivity index (χ2v) is 6.06. The van der Waals surface area contributed by atoms with Crippen molar-refractivity contribution in [3.8, 4) is 0 Å². The molecular formula is C17H28FN3. The van der Waals surface area contributed by atoms with Crippen molar-refractivity contribution in [1.29, 1.82) is 0 Å². The summed E-state index contributed by atoms with van der Waals surface area (Å²) >= 11 is 0. The van der Waals surface area contributed by atoms with Gasteiger partial charge in [-0.1, -0.05) is 13.8 Å². The number of hydrogen-bond acceptors (Lipinski definition) is 3. The van der Waals surface area contributed by atoms with Crippen LogP contribution >= 0.6 is 0 Å². The van der Waals surface area contributed by atoms with E-state index in [-0.39, 0.29) is 11.9 Å². The fraction of sp³-hybridized carbons (Fsp3) is 0.647. The van der Waals surface area contributed by atoms with Gasteiger partial charge >= 0.3 is 0 Å². The second kappa shape index (κ2) is 6.75. The highest BCUT2D eigenvalue weighted by atomic mass is 19.1. The number of likely N-dealkylation sites (N-methyl/N-ethyl adjacent to an activating group) is 1. The first-order chi connectivity index (χ1) is 9.97. The lowest BCUT2D eigenvalue weighted by Gasteiger charge is -2.28. The quantitative estimate of drug-likeness (QED) is 0.905. The van der Waals surface area contributed by atoms with E-state index in [1.807, 2.05) is 19.9 Å². The third-order valence-corrected chi connectivity index (χ3v) is 4.63. The average molecular weight is 293 g/mol. The summed E-state index contributed by atoms with van der Waals surface area (Å²) in [5.74, 6) is -0.162. The summed E-state index contributed by atoms with van der Waals surface area (Å²) in [5, 5.41) is 0. The summed E-state index contributed by atoms with van der Waals surface area (Å²) in [4.78, 5) is 4.87. The second-order valence-electron chi connectivity index (χ2n) is 6.06. The first kappa shape index (κ1) is 16.2. The van der Waals surface area contributed by atoms with E-state index in [2.05, 4.69) is 23.6 Å². The minimum atomic E-state index is -0.162. The molecule has 1 aliphatic rings. The molecular weight excluding hydrogens is 265 g/mol. The van der Waals surface area contributed by atoms with Gasteiger partial charge in [0.1, 0.15) is 5.82 Å². The van der Waals surface area contributed by atoms with Crippen molar-refractivity contribution >= 4 is 5.69 Å². The van der Waals surface area contributed by atoms with Crippen molar-refractivity contribution in [2.45, 2.75) is 46.2 Å².